The number of hydrogen-bond acceptors (Lipinski definition) is 8. The highest BCUT2D eigenvalue weighted by molar-refractivity contribution is 5.70. The maximum Gasteiger partial charge on any atom is 0.306 e. The molecular weight excluding hydrogens is 1270 g/mol. The number of quaternary nitrogens is 1. The van der Waals surface area contributed by atoms with Crippen LogP contribution in [0.15, 0.2) is 219 Å². The molecule has 0 saturated heterocycles. The molecule has 0 fully saturated rings. The number of rotatable bonds is 73. The van der Waals surface area contributed by atoms with Crippen molar-refractivity contribution in [2.24, 2.45) is 0 Å². The lowest BCUT2D eigenvalue weighted by atomic mass is 10.0. The van der Waals surface area contributed by atoms with E-state index < -0.39 is 24.3 Å². The number of aliphatic carboxylic acids is 1. The molecule has 0 aromatic rings. The molecule has 578 valence electrons. The van der Waals surface area contributed by atoms with Crippen LogP contribution in [0, 0.1) is 0 Å². The molecule has 0 spiro atoms. The Morgan fingerprint density at radius 1 is 0.291 bits per heavy atom. The van der Waals surface area contributed by atoms with Crippen molar-refractivity contribution >= 4 is 17.9 Å². The molecule has 0 saturated carbocycles. The number of carboxylic acid groups (broad SMARTS) is 1. The Bertz CT molecular complexity index is 2510. The van der Waals surface area contributed by atoms with Crippen molar-refractivity contribution in [1.29, 1.82) is 0 Å². The lowest BCUT2D eigenvalue weighted by Crippen LogP contribution is -2.44. The molecule has 0 aliphatic heterocycles. The van der Waals surface area contributed by atoms with Gasteiger partial charge in [-0.15, -0.1) is 0 Å². The summed E-state index contributed by atoms with van der Waals surface area (Å²) in [4.78, 5) is 37.6. The Morgan fingerprint density at radius 2 is 0.524 bits per heavy atom. The Balaban J connectivity index is 4.14. The van der Waals surface area contributed by atoms with Crippen molar-refractivity contribution in [2.75, 3.05) is 47.5 Å². The van der Waals surface area contributed by atoms with Crippen LogP contribution in [0.5, 0.6) is 0 Å². The first kappa shape index (κ1) is 96.6. The van der Waals surface area contributed by atoms with Gasteiger partial charge < -0.3 is 33.3 Å². The smallest absolute Gasteiger partial charge is 0.306 e. The molecule has 0 amide bonds. The van der Waals surface area contributed by atoms with Crippen LogP contribution in [-0.2, 0) is 33.3 Å². The van der Waals surface area contributed by atoms with Crippen molar-refractivity contribution in [3.63, 3.8) is 0 Å². The van der Waals surface area contributed by atoms with E-state index in [0.717, 1.165) is 167 Å². The molecule has 0 N–H and O–H groups in total. The molecule has 0 aliphatic carbocycles. The van der Waals surface area contributed by atoms with E-state index in [0.29, 0.717) is 17.4 Å². The van der Waals surface area contributed by atoms with Crippen LogP contribution < -0.4 is 5.11 Å². The predicted molar refractivity (Wildman–Crippen MR) is 443 cm³/mol. The molecule has 2 unspecified atom stereocenters. The highest BCUT2D eigenvalue weighted by Crippen LogP contribution is 2.17. The lowest BCUT2D eigenvalue weighted by Gasteiger charge is -2.26. The molecule has 0 aromatic carbocycles. The fraction of sp³-hybridized carbons (Fsp3) is 0.585. The maximum atomic E-state index is 13.0. The first-order valence-electron chi connectivity index (χ1n) is 40.9. The average Bonchev–Trinajstić information content (AvgIpc) is 1.01. The van der Waals surface area contributed by atoms with Gasteiger partial charge in [-0.3, -0.25) is 9.59 Å². The summed E-state index contributed by atoms with van der Waals surface area (Å²) in [5.41, 5.74) is 0. The van der Waals surface area contributed by atoms with E-state index in [2.05, 4.69) is 233 Å². The topological polar surface area (TPSA) is 111 Å². The fourth-order valence-corrected chi connectivity index (χ4v) is 10.6. The number of carboxylic acids is 1. The number of nitrogens with zero attached hydrogens (tertiary/aromatic N) is 1. The Kier molecular flexibility index (Phi) is 76.2. The highest BCUT2D eigenvalue weighted by atomic mass is 16.7. The van der Waals surface area contributed by atoms with Gasteiger partial charge in [0.2, 0.25) is 0 Å². The number of ether oxygens (including phenoxy) is 4. The van der Waals surface area contributed by atoms with Gasteiger partial charge in [0.1, 0.15) is 13.2 Å². The van der Waals surface area contributed by atoms with Crippen LogP contribution in [0.4, 0.5) is 0 Å². The van der Waals surface area contributed by atoms with E-state index in [9.17, 15) is 19.5 Å². The van der Waals surface area contributed by atoms with Gasteiger partial charge in [0, 0.05) is 12.8 Å². The summed E-state index contributed by atoms with van der Waals surface area (Å²) in [5.74, 6) is -2.31. The largest absolute Gasteiger partial charge is 0.545 e. The van der Waals surface area contributed by atoms with Gasteiger partial charge in [0.15, 0.2) is 12.4 Å². The normalized spacial score (nSPS) is 13.8. The third kappa shape index (κ3) is 82.8. The zero-order chi connectivity index (χ0) is 74.6. The van der Waals surface area contributed by atoms with Crippen LogP contribution in [0.3, 0.4) is 0 Å². The number of allylic oxidation sites excluding steroid dienone is 36. The summed E-state index contributed by atoms with van der Waals surface area (Å²) in [6.07, 6.45) is 125. The molecule has 9 nitrogen and oxygen atoms in total. The average molecular weight is 1420 g/mol. The van der Waals surface area contributed by atoms with Gasteiger partial charge in [-0.1, -0.05) is 348 Å². The standard InChI is InChI=1S/C94H149NO8/c1-6-8-10-12-14-16-18-20-22-24-26-28-30-32-34-36-38-40-42-44-45-46-47-49-51-53-55-57-59-61-63-65-67-69-71-73-75-77-79-81-83-85-92(97)103-90(89-102-94(93(98)99)100-87-86-95(3,4)5)88-101-91(96)84-82-80-78-76-74-72-70-68-66-64-62-60-58-56-54-52-50-48-43-41-39-37-35-33-31-29-27-25-23-21-19-17-15-13-11-9-7-2/h8-11,14-17,20-23,26-29,32-35,38-41,44-45,47-50,53,55,59,61,65,67,90,94H,6-7,12-13,18-19,24-25,30-31,36-37,42-43,46,51-52,54,56-58,60,62-64,66,68-89H2,1-5H3/b10-8-,11-9-,16-14-,17-15-,22-20-,23-21-,28-26-,29-27-,34-32-,35-33-,40-38-,41-39-,45-44-,49-47-,50-48-,55-53-,61-59-,67-65-. The minimum atomic E-state index is -1.64. The summed E-state index contributed by atoms with van der Waals surface area (Å²) in [7, 11) is 5.92. The van der Waals surface area contributed by atoms with Crippen molar-refractivity contribution < 1.29 is 42.9 Å². The van der Waals surface area contributed by atoms with E-state index in [1.54, 1.807) is 0 Å². The van der Waals surface area contributed by atoms with Crippen molar-refractivity contribution in [3.8, 4) is 0 Å². The van der Waals surface area contributed by atoms with Crippen LogP contribution >= 0.6 is 0 Å². The Labute approximate surface area is 632 Å². The highest BCUT2D eigenvalue weighted by Gasteiger charge is 2.22. The summed E-state index contributed by atoms with van der Waals surface area (Å²) >= 11 is 0. The second-order valence-corrected chi connectivity index (χ2v) is 27.6. The van der Waals surface area contributed by atoms with Gasteiger partial charge in [-0.25, -0.2) is 0 Å². The van der Waals surface area contributed by atoms with Gasteiger partial charge in [-0.05, 0) is 154 Å². The Hall–Kier alpha value is -6.39. The molecule has 0 aromatic heterocycles. The molecule has 0 heterocycles. The van der Waals surface area contributed by atoms with Crippen LogP contribution in [0.1, 0.15) is 296 Å². The van der Waals surface area contributed by atoms with E-state index in [-0.39, 0.29) is 38.6 Å². The quantitative estimate of drug-likeness (QED) is 0.0195. The van der Waals surface area contributed by atoms with Gasteiger partial charge in [0.25, 0.3) is 0 Å². The number of esters is 2. The number of likely N-dealkylation sites (N-methyl/N-ethyl adjacent to an activating group) is 1. The second kappa shape index (κ2) is 81.3. The molecule has 2 atom stereocenters. The Morgan fingerprint density at radius 3 is 0.777 bits per heavy atom. The predicted octanol–water partition coefficient (Wildman–Crippen LogP) is 25.5. The van der Waals surface area contributed by atoms with Crippen LogP contribution in [0.25, 0.3) is 0 Å². The second-order valence-electron chi connectivity index (χ2n) is 27.6. The molecular formula is C94H149NO8. The summed E-state index contributed by atoms with van der Waals surface area (Å²) in [6, 6.07) is 0. The summed E-state index contributed by atoms with van der Waals surface area (Å²) in [6.45, 7) is 4.50. The third-order valence-electron chi connectivity index (χ3n) is 16.7. The van der Waals surface area contributed by atoms with Crippen LogP contribution in [-0.4, -0.2) is 82.3 Å². The summed E-state index contributed by atoms with van der Waals surface area (Å²) in [5, 5.41) is 11.9. The number of hydrogen-bond donors (Lipinski definition) is 0. The van der Waals surface area contributed by atoms with Crippen molar-refractivity contribution in [3.05, 3.63) is 219 Å². The number of carbonyl (C=O) groups excluding carboxylic acids is 3. The van der Waals surface area contributed by atoms with Crippen LogP contribution in [0.2, 0.25) is 0 Å². The molecule has 103 heavy (non-hydrogen) atoms. The van der Waals surface area contributed by atoms with Crippen molar-refractivity contribution in [2.45, 2.75) is 309 Å². The monoisotopic (exact) mass is 1420 g/mol. The molecule has 0 radical (unpaired) electrons. The fourth-order valence-electron chi connectivity index (χ4n) is 10.6. The molecule has 0 aliphatic rings. The third-order valence-corrected chi connectivity index (χ3v) is 16.7. The van der Waals surface area contributed by atoms with E-state index in [1.165, 1.54) is 96.3 Å². The SMILES string of the molecule is CC/C=C\C/C=C\C/C=C\C/C=C\C/C=C\C/C=C\C/C=C\C/C=C\C/C=C\C/C=C\C/C=C\CCCCCCCCCC(=O)OC(COC(=O)CCCCCCCCCCCCCCCCC/C=C\C/C=C\C/C=C\C/C=C\C/C=C\C/C=C\C/C=C\CC)COC(OCC[N+](C)(C)C)C(=O)[O-]. The van der Waals surface area contributed by atoms with Crippen molar-refractivity contribution in [1.82, 2.24) is 0 Å². The first-order chi connectivity index (χ1) is 50.6. The minimum absolute atomic E-state index is 0.135. The van der Waals surface area contributed by atoms with E-state index in [1.807, 2.05) is 21.1 Å². The number of unbranched alkanes of at least 4 members (excludes halogenated alkanes) is 22. The lowest BCUT2D eigenvalue weighted by molar-refractivity contribution is -0.870. The van der Waals surface area contributed by atoms with E-state index in [4.69, 9.17) is 18.9 Å². The zero-order valence-corrected chi connectivity index (χ0v) is 66.1. The van der Waals surface area contributed by atoms with Gasteiger partial charge in [-0.2, -0.15) is 0 Å². The minimum Gasteiger partial charge on any atom is -0.545 e. The maximum absolute atomic E-state index is 13.0. The van der Waals surface area contributed by atoms with Gasteiger partial charge >= 0.3 is 11.9 Å². The zero-order valence-electron chi connectivity index (χ0n) is 66.1. The summed E-state index contributed by atoms with van der Waals surface area (Å²) < 4.78 is 22.8. The molecule has 0 bridgehead atoms. The molecule has 0 rings (SSSR count). The first-order valence-corrected chi connectivity index (χ1v) is 40.9. The van der Waals surface area contributed by atoms with Gasteiger partial charge in [0.05, 0.1) is 40.3 Å². The number of carbonyl (C=O) groups is 3. The van der Waals surface area contributed by atoms with E-state index >= 15 is 0 Å². The molecule has 9 heteroatoms.